The zero-order chi connectivity index (χ0) is 14.1. The smallest absolute Gasteiger partial charge is 0.0724 e. The Morgan fingerprint density at radius 2 is 2.05 bits per heavy atom. The van der Waals surface area contributed by atoms with E-state index in [9.17, 15) is 0 Å². The van der Waals surface area contributed by atoms with Gasteiger partial charge in [0.25, 0.3) is 0 Å². The lowest BCUT2D eigenvalue weighted by atomic mass is 9.98. The van der Waals surface area contributed by atoms with Gasteiger partial charge in [0.15, 0.2) is 0 Å². The molecule has 0 aliphatic carbocycles. The van der Waals surface area contributed by atoms with E-state index < -0.39 is 0 Å². The first-order valence-electron chi connectivity index (χ1n) is 6.08. The minimum atomic E-state index is -0.0640. The quantitative estimate of drug-likeness (QED) is 0.512. The molecule has 1 heterocycles. The summed E-state index contributed by atoms with van der Waals surface area (Å²) in [5.41, 5.74) is 5.15. The molecule has 1 unspecified atom stereocenters. The standard InChI is InChI=1S/C15H12BrClN2S/c16-12-8-10(4-5-13(12)17)14(19-18)11-3-1-2-9-6-7-20-15(9)11/h1-8,14,19H,18H2. The lowest BCUT2D eigenvalue weighted by Gasteiger charge is -2.18. The van der Waals surface area contributed by atoms with Crippen LogP contribution in [0.5, 0.6) is 0 Å². The number of nitrogens with two attached hydrogens (primary N) is 1. The number of hydrazine groups is 1. The van der Waals surface area contributed by atoms with Crippen molar-refractivity contribution in [3.05, 3.63) is 68.5 Å². The molecule has 0 fully saturated rings. The number of thiophene rings is 1. The molecular weight excluding hydrogens is 356 g/mol. The molecule has 2 aromatic carbocycles. The second kappa shape index (κ2) is 5.84. The summed E-state index contributed by atoms with van der Waals surface area (Å²) in [6, 6.07) is 14.2. The molecule has 0 aliphatic rings. The van der Waals surface area contributed by atoms with Crippen LogP contribution in [0.25, 0.3) is 10.1 Å². The van der Waals surface area contributed by atoms with E-state index in [2.05, 4.69) is 51.0 Å². The summed E-state index contributed by atoms with van der Waals surface area (Å²) < 4.78 is 2.12. The highest BCUT2D eigenvalue weighted by atomic mass is 79.9. The number of rotatable bonds is 3. The summed E-state index contributed by atoms with van der Waals surface area (Å²) in [6.07, 6.45) is 0. The van der Waals surface area contributed by atoms with Gasteiger partial charge in [-0.05, 0) is 56.0 Å². The predicted molar refractivity (Wildman–Crippen MR) is 90.1 cm³/mol. The molecule has 3 rings (SSSR count). The van der Waals surface area contributed by atoms with Crippen LogP contribution in [-0.2, 0) is 0 Å². The van der Waals surface area contributed by atoms with E-state index in [1.54, 1.807) is 11.3 Å². The minimum Gasteiger partial charge on any atom is -0.271 e. The van der Waals surface area contributed by atoms with E-state index in [1.807, 2.05) is 18.2 Å². The first-order chi connectivity index (χ1) is 9.70. The van der Waals surface area contributed by atoms with Gasteiger partial charge in [-0.2, -0.15) is 0 Å². The fourth-order valence-corrected chi connectivity index (χ4v) is 3.76. The van der Waals surface area contributed by atoms with Crippen molar-refractivity contribution in [1.29, 1.82) is 0 Å². The van der Waals surface area contributed by atoms with Crippen LogP contribution in [0.4, 0.5) is 0 Å². The zero-order valence-electron chi connectivity index (χ0n) is 10.4. The number of halogens is 2. The number of nitrogens with one attached hydrogen (secondary N) is 1. The van der Waals surface area contributed by atoms with Crippen LogP contribution >= 0.6 is 38.9 Å². The molecule has 5 heteroatoms. The largest absolute Gasteiger partial charge is 0.271 e. The second-order valence-electron chi connectivity index (χ2n) is 4.46. The summed E-state index contributed by atoms with van der Waals surface area (Å²) in [4.78, 5) is 0. The van der Waals surface area contributed by atoms with E-state index in [1.165, 1.54) is 15.6 Å². The van der Waals surface area contributed by atoms with Gasteiger partial charge in [0.2, 0.25) is 0 Å². The first-order valence-corrected chi connectivity index (χ1v) is 8.13. The molecule has 1 atom stereocenters. The molecule has 1 aromatic heterocycles. The highest BCUT2D eigenvalue weighted by molar-refractivity contribution is 9.10. The lowest BCUT2D eigenvalue weighted by molar-refractivity contribution is 0.641. The van der Waals surface area contributed by atoms with Crippen LogP contribution in [0.2, 0.25) is 5.02 Å². The van der Waals surface area contributed by atoms with Crippen molar-refractivity contribution in [2.45, 2.75) is 6.04 Å². The van der Waals surface area contributed by atoms with Crippen molar-refractivity contribution in [1.82, 2.24) is 5.43 Å². The van der Waals surface area contributed by atoms with Gasteiger partial charge < -0.3 is 0 Å². The van der Waals surface area contributed by atoms with E-state index in [0.29, 0.717) is 5.02 Å². The second-order valence-corrected chi connectivity index (χ2v) is 6.64. The Morgan fingerprint density at radius 3 is 2.80 bits per heavy atom. The van der Waals surface area contributed by atoms with Crippen LogP contribution in [0.15, 0.2) is 52.3 Å². The van der Waals surface area contributed by atoms with Crippen molar-refractivity contribution in [3.8, 4) is 0 Å². The van der Waals surface area contributed by atoms with E-state index in [4.69, 9.17) is 17.4 Å². The molecule has 0 radical (unpaired) electrons. The molecule has 3 N–H and O–H groups in total. The van der Waals surface area contributed by atoms with E-state index in [0.717, 1.165) is 10.0 Å². The van der Waals surface area contributed by atoms with Gasteiger partial charge in [-0.25, -0.2) is 5.43 Å². The van der Waals surface area contributed by atoms with Crippen molar-refractivity contribution in [2.75, 3.05) is 0 Å². The van der Waals surface area contributed by atoms with E-state index >= 15 is 0 Å². The van der Waals surface area contributed by atoms with Crippen molar-refractivity contribution >= 4 is 49.0 Å². The third-order valence-electron chi connectivity index (χ3n) is 3.26. The van der Waals surface area contributed by atoms with Crippen LogP contribution < -0.4 is 11.3 Å². The minimum absolute atomic E-state index is 0.0640. The molecule has 0 amide bonds. The molecule has 0 saturated carbocycles. The molecule has 2 nitrogen and oxygen atoms in total. The predicted octanol–water partition coefficient (Wildman–Crippen LogP) is 4.87. The van der Waals surface area contributed by atoms with Gasteiger partial charge in [0.05, 0.1) is 11.1 Å². The summed E-state index contributed by atoms with van der Waals surface area (Å²) >= 11 is 11.2. The Bertz CT molecular complexity index is 756. The van der Waals surface area contributed by atoms with Crippen molar-refractivity contribution in [3.63, 3.8) is 0 Å². The van der Waals surface area contributed by atoms with Gasteiger partial charge in [0.1, 0.15) is 0 Å². The highest BCUT2D eigenvalue weighted by Gasteiger charge is 2.16. The molecule has 3 aromatic rings. The zero-order valence-corrected chi connectivity index (χ0v) is 13.6. The van der Waals surface area contributed by atoms with Gasteiger partial charge in [-0.15, -0.1) is 11.3 Å². The molecule has 0 saturated heterocycles. The van der Waals surface area contributed by atoms with Crippen molar-refractivity contribution in [2.24, 2.45) is 5.84 Å². The Hall–Kier alpha value is -0.910. The number of hydrogen-bond donors (Lipinski definition) is 2. The van der Waals surface area contributed by atoms with Gasteiger partial charge in [-0.1, -0.05) is 35.9 Å². The Labute approximate surface area is 134 Å². The topological polar surface area (TPSA) is 38.0 Å². The number of fused-ring (bicyclic) bond motifs is 1. The molecule has 0 aliphatic heterocycles. The average molecular weight is 368 g/mol. The molecule has 0 spiro atoms. The molecular formula is C15H12BrClN2S. The fourth-order valence-electron chi connectivity index (χ4n) is 2.30. The van der Waals surface area contributed by atoms with Crippen molar-refractivity contribution < 1.29 is 0 Å². The maximum Gasteiger partial charge on any atom is 0.0724 e. The summed E-state index contributed by atoms with van der Waals surface area (Å²) in [5, 5.41) is 4.03. The number of hydrogen-bond acceptors (Lipinski definition) is 3. The van der Waals surface area contributed by atoms with Gasteiger partial charge in [0, 0.05) is 9.17 Å². The van der Waals surface area contributed by atoms with E-state index in [-0.39, 0.29) is 6.04 Å². The summed E-state index contributed by atoms with van der Waals surface area (Å²) in [7, 11) is 0. The maximum atomic E-state index is 6.06. The van der Waals surface area contributed by atoms with Crippen LogP contribution in [0, 0.1) is 0 Å². The van der Waals surface area contributed by atoms with Gasteiger partial charge >= 0.3 is 0 Å². The monoisotopic (exact) mass is 366 g/mol. The molecule has 20 heavy (non-hydrogen) atoms. The molecule has 0 bridgehead atoms. The Kier molecular flexibility index (Phi) is 4.10. The maximum absolute atomic E-state index is 6.06. The normalized spacial score (nSPS) is 12.8. The summed E-state index contributed by atoms with van der Waals surface area (Å²) in [5.74, 6) is 5.79. The first kappa shape index (κ1) is 14.0. The highest BCUT2D eigenvalue weighted by Crippen LogP contribution is 2.34. The SMILES string of the molecule is NNC(c1ccc(Cl)c(Br)c1)c1cccc2ccsc12. The average Bonchev–Trinajstić information content (AvgIpc) is 2.93. The molecule has 102 valence electrons. The third kappa shape index (κ3) is 2.50. The van der Waals surface area contributed by atoms with Gasteiger partial charge in [-0.3, -0.25) is 5.84 Å². The van der Waals surface area contributed by atoms with Crippen LogP contribution in [-0.4, -0.2) is 0 Å². The summed E-state index contributed by atoms with van der Waals surface area (Å²) in [6.45, 7) is 0. The lowest BCUT2D eigenvalue weighted by Crippen LogP contribution is -2.28. The number of benzene rings is 2. The van der Waals surface area contributed by atoms with Crippen LogP contribution in [0.1, 0.15) is 17.2 Å². The third-order valence-corrected chi connectivity index (χ3v) is 5.46. The van der Waals surface area contributed by atoms with Crippen LogP contribution in [0.3, 0.4) is 0 Å². The fraction of sp³-hybridized carbons (Fsp3) is 0.0667. The Morgan fingerprint density at radius 1 is 1.20 bits per heavy atom. The Balaban J connectivity index is 2.13.